The van der Waals surface area contributed by atoms with Crippen molar-refractivity contribution in [2.24, 2.45) is 0 Å². The molecule has 0 N–H and O–H groups in total. The summed E-state index contributed by atoms with van der Waals surface area (Å²) in [6, 6.07) is 15.6. The molecule has 56 heavy (non-hydrogen) atoms. The highest BCUT2D eigenvalue weighted by atomic mass is 19.4. The zero-order valence-corrected chi connectivity index (χ0v) is 26.9. The van der Waals surface area contributed by atoms with Crippen molar-refractivity contribution in [3.05, 3.63) is 114 Å². The van der Waals surface area contributed by atoms with Gasteiger partial charge in [0, 0.05) is 44.5 Å². The van der Waals surface area contributed by atoms with Crippen molar-refractivity contribution in [1.29, 1.82) is 47.4 Å². The molecular weight excluding hydrogens is 753 g/mol. The topological polar surface area (TPSA) is 214 Å². The molecule has 9 nitrogen and oxygen atoms in total. The third-order valence-corrected chi connectivity index (χ3v) is 8.53. The average Bonchev–Trinajstić information content (AvgIpc) is 3.66. The maximum atomic E-state index is 15.8. The molecule has 2 aliphatic rings. The lowest BCUT2D eigenvalue weighted by Gasteiger charge is -2.22. The Kier molecular flexibility index (Phi) is 9.26. The van der Waals surface area contributed by atoms with E-state index in [9.17, 15) is 73.7 Å². The van der Waals surface area contributed by atoms with Gasteiger partial charge in [0.2, 0.25) is 0 Å². The molecule has 0 amide bonds. The normalized spacial score (nSPS) is 13.1. The molecule has 3 aromatic rings. The van der Waals surface area contributed by atoms with E-state index in [0.717, 1.165) is 12.1 Å². The van der Waals surface area contributed by atoms with Crippen molar-refractivity contribution in [3.8, 4) is 54.6 Å². The molecule has 0 saturated carbocycles. The van der Waals surface area contributed by atoms with Crippen LogP contribution in [0.1, 0.15) is 66.8 Å². The second kappa shape index (κ2) is 13.4. The molecule has 2 aliphatic carbocycles. The van der Waals surface area contributed by atoms with E-state index >= 15 is 13.2 Å². The van der Waals surface area contributed by atoms with Crippen LogP contribution in [0, 0.1) is 102 Å². The molecule has 0 aromatic heterocycles. The number of hydrogen-bond donors (Lipinski definition) is 0. The molecule has 0 atom stereocenters. The quantitative estimate of drug-likeness (QED) is 0.180. The van der Waals surface area contributed by atoms with Crippen molar-refractivity contribution in [3.63, 3.8) is 0 Å². The van der Waals surface area contributed by atoms with Crippen molar-refractivity contribution in [2.75, 3.05) is 0 Å². The molecule has 3 aromatic carbocycles. The first-order valence-corrected chi connectivity index (χ1v) is 14.7. The van der Waals surface area contributed by atoms with Gasteiger partial charge in [-0.1, -0.05) is 12.1 Å². The number of hydrogen-bond acceptors (Lipinski definition) is 9. The van der Waals surface area contributed by atoms with Gasteiger partial charge in [0.15, 0.2) is 0 Å². The average molecular weight is 760 g/mol. The smallest absolute Gasteiger partial charge is 0.192 e. The van der Waals surface area contributed by atoms with Crippen LogP contribution in [0.4, 0.5) is 39.5 Å². The fourth-order valence-corrected chi connectivity index (χ4v) is 6.53. The molecule has 0 bridgehead atoms. The number of benzene rings is 3. The Balaban J connectivity index is 2.16. The van der Waals surface area contributed by atoms with Crippen LogP contribution in [0.15, 0.2) is 47.5 Å². The van der Waals surface area contributed by atoms with E-state index in [0.29, 0.717) is 12.1 Å². The molecule has 0 spiro atoms. The van der Waals surface area contributed by atoms with Crippen LogP contribution in [-0.4, -0.2) is 0 Å². The first-order valence-electron chi connectivity index (χ1n) is 14.7. The van der Waals surface area contributed by atoms with Crippen LogP contribution in [0.3, 0.4) is 0 Å². The third kappa shape index (κ3) is 5.69. The van der Waals surface area contributed by atoms with Gasteiger partial charge in [-0.2, -0.15) is 86.9 Å². The monoisotopic (exact) mass is 759 g/mol. The van der Waals surface area contributed by atoms with Crippen molar-refractivity contribution in [2.45, 2.75) is 18.5 Å². The van der Waals surface area contributed by atoms with Crippen molar-refractivity contribution in [1.82, 2.24) is 0 Å². The van der Waals surface area contributed by atoms with E-state index in [1.165, 1.54) is 54.6 Å². The zero-order chi connectivity index (χ0) is 41.7. The summed E-state index contributed by atoms with van der Waals surface area (Å²) in [5.41, 5.74) is -23.4. The maximum Gasteiger partial charge on any atom is 0.417 e. The highest BCUT2D eigenvalue weighted by molar-refractivity contribution is 6.31. The Morgan fingerprint density at radius 3 is 1.04 bits per heavy atom. The van der Waals surface area contributed by atoms with E-state index in [-0.39, 0.29) is 12.1 Å². The predicted molar refractivity (Wildman–Crippen MR) is 170 cm³/mol. The highest BCUT2D eigenvalue weighted by Crippen LogP contribution is 2.61. The van der Waals surface area contributed by atoms with Gasteiger partial charge in [-0.05, 0) is 35.4 Å². The first-order chi connectivity index (χ1) is 26.3. The van der Waals surface area contributed by atoms with E-state index < -0.39 is 130 Å². The van der Waals surface area contributed by atoms with E-state index in [2.05, 4.69) is 0 Å². The third-order valence-electron chi connectivity index (χ3n) is 8.53. The molecule has 0 radical (unpaired) electrons. The molecule has 0 unspecified atom stereocenters. The van der Waals surface area contributed by atoms with E-state index in [1.54, 1.807) is 0 Å². The minimum absolute atomic E-state index is 0.257. The van der Waals surface area contributed by atoms with Crippen LogP contribution in [0.5, 0.6) is 0 Å². The fraction of sp³-hybridized carbons (Fsp3) is 0.0789. The second-order valence-electron chi connectivity index (χ2n) is 11.3. The lowest BCUT2D eigenvalue weighted by molar-refractivity contribution is -0.138. The Hall–Kier alpha value is -8.60. The summed E-state index contributed by atoms with van der Waals surface area (Å²) in [5.74, 6) is 0. The molecule has 0 aliphatic heterocycles. The molecule has 0 heterocycles. The number of halogens is 9. The molecule has 18 heteroatoms. The standard InChI is InChI=1S/C38H6F9N9/c39-36(40,41)25-5-16(1-3-18(25)7-48)27-22(13-54)31-24(15-56)32-23(14-55)28(17-2-4-19(8-49)26(6-17)37(42,43)44)30(21(11-52)12-53)34(32)35(38(45,46)47)33(31)29(27)20(9-50)10-51/h1-6H. The Morgan fingerprint density at radius 2 is 0.786 bits per heavy atom. The van der Waals surface area contributed by atoms with Gasteiger partial charge in [-0.25, -0.2) is 0 Å². The number of rotatable bonds is 2. The van der Waals surface area contributed by atoms with E-state index in [4.69, 9.17) is 0 Å². The fourth-order valence-electron chi connectivity index (χ4n) is 6.53. The lowest BCUT2D eigenvalue weighted by atomic mass is 9.81. The van der Waals surface area contributed by atoms with Crippen LogP contribution in [0.25, 0.3) is 33.4 Å². The van der Waals surface area contributed by atoms with Gasteiger partial charge < -0.3 is 0 Å². The van der Waals surface area contributed by atoms with Crippen LogP contribution in [-0.2, 0) is 18.5 Å². The molecule has 0 fully saturated rings. The largest absolute Gasteiger partial charge is 0.417 e. The van der Waals surface area contributed by atoms with E-state index in [1.807, 2.05) is 0 Å². The SMILES string of the molecule is N#CC(C#N)=C1C(c2ccc(C#N)c(C(F)(F)F)c2)=C(C#N)c2c(C#N)c3c(c(C(F)(F)F)c21)C(=C(C#N)C#N)C(c1ccc(C#N)c(C(F)(F)F)c1)=C3C#N. The number of nitrogens with zero attached hydrogens (tertiary/aromatic N) is 9. The van der Waals surface area contributed by atoms with Gasteiger partial charge in [-0.3, -0.25) is 0 Å². The first kappa shape index (κ1) is 38.6. The lowest BCUT2D eigenvalue weighted by Crippen LogP contribution is -2.16. The minimum Gasteiger partial charge on any atom is -0.192 e. The summed E-state index contributed by atoms with van der Waals surface area (Å²) in [5, 5.41) is 89.9. The van der Waals surface area contributed by atoms with Crippen LogP contribution in [0.2, 0.25) is 0 Å². The predicted octanol–water partition coefficient (Wildman–Crippen LogP) is 8.86. The zero-order valence-electron chi connectivity index (χ0n) is 26.9. The highest BCUT2D eigenvalue weighted by Gasteiger charge is 2.50. The summed E-state index contributed by atoms with van der Waals surface area (Å²) in [6.45, 7) is 0. The van der Waals surface area contributed by atoms with Gasteiger partial charge in [0.25, 0.3) is 0 Å². The maximum absolute atomic E-state index is 15.8. The number of allylic oxidation sites excluding steroid dienone is 8. The number of alkyl halides is 9. The summed E-state index contributed by atoms with van der Waals surface area (Å²) in [4.78, 5) is 0. The summed E-state index contributed by atoms with van der Waals surface area (Å²) in [6.07, 6.45) is -16.4. The number of fused-ring (bicyclic) bond motifs is 2. The summed E-state index contributed by atoms with van der Waals surface area (Å²) < 4.78 is 132. The Labute approximate surface area is 307 Å². The molecule has 5 rings (SSSR count). The van der Waals surface area contributed by atoms with Crippen LogP contribution < -0.4 is 0 Å². The minimum atomic E-state index is -5.79. The Bertz CT molecular complexity index is 2690. The summed E-state index contributed by atoms with van der Waals surface area (Å²) in [7, 11) is 0. The van der Waals surface area contributed by atoms with Gasteiger partial charge in [0.1, 0.15) is 53.6 Å². The Morgan fingerprint density at radius 1 is 0.429 bits per heavy atom. The van der Waals surface area contributed by atoms with Gasteiger partial charge >= 0.3 is 18.5 Å². The van der Waals surface area contributed by atoms with Gasteiger partial charge in [-0.15, -0.1) is 0 Å². The van der Waals surface area contributed by atoms with Crippen molar-refractivity contribution >= 4 is 33.4 Å². The molecule has 266 valence electrons. The van der Waals surface area contributed by atoms with Crippen LogP contribution >= 0.6 is 0 Å². The summed E-state index contributed by atoms with van der Waals surface area (Å²) >= 11 is 0. The molecular formula is C38H6F9N9. The van der Waals surface area contributed by atoms with Gasteiger partial charge in [0.05, 0.1) is 56.7 Å². The van der Waals surface area contributed by atoms with Crippen molar-refractivity contribution < 1.29 is 39.5 Å². The molecule has 0 saturated heterocycles. The second-order valence-corrected chi connectivity index (χ2v) is 11.3. The number of nitriles is 9.